The minimum Gasteiger partial charge on any atom is -0.331 e. The summed E-state index contributed by atoms with van der Waals surface area (Å²) in [7, 11) is 0. The topological polar surface area (TPSA) is 37.4 Å². The fourth-order valence-electron chi connectivity index (χ4n) is 1.55. The van der Waals surface area contributed by atoms with Crippen LogP contribution in [0.25, 0.3) is 0 Å². The molecule has 2 fully saturated rings. The maximum atomic E-state index is 11.1. The summed E-state index contributed by atoms with van der Waals surface area (Å²) < 4.78 is 0. The number of nitrogens with zero attached hydrogens (tertiary/aromatic N) is 1. The van der Waals surface area contributed by atoms with Crippen molar-refractivity contribution in [2.24, 2.45) is 0 Å². The minimum atomic E-state index is -0.254. The summed E-state index contributed by atoms with van der Waals surface area (Å²) in [5.41, 5.74) is 0. The molecule has 0 saturated carbocycles. The molecule has 0 aromatic heterocycles. The lowest BCUT2D eigenvalue weighted by Gasteiger charge is -2.27. The molecule has 0 aromatic carbocycles. The smallest absolute Gasteiger partial charge is 0.290 e. The van der Waals surface area contributed by atoms with E-state index in [4.69, 9.17) is 0 Å². The van der Waals surface area contributed by atoms with Crippen LogP contribution in [0.4, 0.5) is 0 Å². The largest absolute Gasteiger partial charge is 0.331 e. The van der Waals surface area contributed by atoms with E-state index in [2.05, 4.69) is 0 Å². The van der Waals surface area contributed by atoms with Gasteiger partial charge in [-0.1, -0.05) is 0 Å². The second kappa shape index (κ2) is 2.52. The summed E-state index contributed by atoms with van der Waals surface area (Å²) in [6, 6.07) is 0.216. The fourth-order valence-corrected chi connectivity index (χ4v) is 2.62. The van der Waals surface area contributed by atoms with Crippen LogP contribution in [-0.2, 0) is 9.59 Å². The Morgan fingerprint density at radius 2 is 2.27 bits per heavy atom. The molecule has 0 bridgehead atoms. The van der Waals surface area contributed by atoms with Crippen LogP contribution < -0.4 is 0 Å². The lowest BCUT2D eigenvalue weighted by Crippen LogP contribution is -2.40. The number of carbonyl (C=O) groups excluding carboxylic acids is 2. The number of hydrogen-bond donors (Lipinski definition) is 0. The van der Waals surface area contributed by atoms with Crippen molar-refractivity contribution in [1.29, 1.82) is 0 Å². The van der Waals surface area contributed by atoms with Gasteiger partial charge < -0.3 is 4.90 Å². The van der Waals surface area contributed by atoms with Gasteiger partial charge in [0.2, 0.25) is 5.78 Å². The van der Waals surface area contributed by atoms with E-state index in [-0.39, 0.29) is 17.7 Å². The second-order valence-corrected chi connectivity index (χ2v) is 4.00. The molecule has 0 radical (unpaired) electrons. The first-order chi connectivity index (χ1) is 5.29. The summed E-state index contributed by atoms with van der Waals surface area (Å²) in [6.45, 7) is 0.764. The van der Waals surface area contributed by atoms with Crippen LogP contribution >= 0.6 is 11.8 Å². The number of rotatable bonds is 0. The maximum Gasteiger partial charge on any atom is 0.290 e. The number of fused-ring (bicyclic) bond motifs is 1. The van der Waals surface area contributed by atoms with Crippen molar-refractivity contribution in [3.63, 3.8) is 0 Å². The average molecular weight is 171 g/mol. The first kappa shape index (κ1) is 7.16. The Kier molecular flexibility index (Phi) is 1.64. The zero-order chi connectivity index (χ0) is 7.84. The van der Waals surface area contributed by atoms with E-state index in [1.165, 1.54) is 0 Å². The molecule has 0 aliphatic carbocycles. The molecular weight excluding hydrogens is 162 g/mol. The average Bonchev–Trinajstić information content (AvgIpc) is 2.30. The van der Waals surface area contributed by atoms with E-state index in [0.717, 1.165) is 18.1 Å². The van der Waals surface area contributed by atoms with Gasteiger partial charge in [-0.25, -0.2) is 0 Å². The Bertz CT molecular complexity index is 216. The molecule has 3 nitrogen and oxygen atoms in total. The van der Waals surface area contributed by atoms with E-state index >= 15 is 0 Å². The van der Waals surface area contributed by atoms with Crippen LogP contribution in [0.3, 0.4) is 0 Å². The van der Waals surface area contributed by atoms with Gasteiger partial charge in [-0.2, -0.15) is 11.8 Å². The highest BCUT2D eigenvalue weighted by Crippen LogP contribution is 2.24. The predicted molar refractivity (Wildman–Crippen MR) is 42.5 cm³/mol. The van der Waals surface area contributed by atoms with Gasteiger partial charge in [-0.3, -0.25) is 9.59 Å². The van der Waals surface area contributed by atoms with Crippen molar-refractivity contribution in [3.05, 3.63) is 0 Å². The van der Waals surface area contributed by atoms with Crippen LogP contribution in [0, 0.1) is 0 Å². The molecule has 2 heterocycles. The van der Waals surface area contributed by atoms with Gasteiger partial charge in [0, 0.05) is 30.5 Å². The Morgan fingerprint density at radius 1 is 1.45 bits per heavy atom. The third-order valence-corrected chi connectivity index (χ3v) is 3.24. The number of carbonyl (C=O) groups is 2. The molecule has 0 spiro atoms. The van der Waals surface area contributed by atoms with Gasteiger partial charge in [0.25, 0.3) is 5.91 Å². The van der Waals surface area contributed by atoms with E-state index in [9.17, 15) is 9.59 Å². The second-order valence-electron chi connectivity index (χ2n) is 2.85. The van der Waals surface area contributed by atoms with E-state index < -0.39 is 0 Å². The summed E-state index contributed by atoms with van der Waals surface area (Å²) in [6.07, 6.45) is 0.450. The summed E-state index contributed by atoms with van der Waals surface area (Å²) in [5.74, 6) is 1.47. The van der Waals surface area contributed by atoms with Crippen LogP contribution in [0.15, 0.2) is 0 Å². The number of hydrogen-bond acceptors (Lipinski definition) is 3. The molecule has 1 amide bonds. The molecule has 2 saturated heterocycles. The number of Topliss-reactive ketones (excluding diaryl/α,β-unsaturated/α-hetero) is 1. The summed E-state index contributed by atoms with van der Waals surface area (Å²) >= 11 is 1.83. The molecule has 2 aliphatic heterocycles. The zero-order valence-electron chi connectivity index (χ0n) is 6.08. The SMILES string of the molecule is O=C1CC2CSCCN2C1=O. The highest BCUT2D eigenvalue weighted by molar-refractivity contribution is 7.99. The Balaban J connectivity index is 2.18. The molecule has 60 valence electrons. The van der Waals surface area contributed by atoms with Crippen molar-refractivity contribution in [2.45, 2.75) is 12.5 Å². The third-order valence-electron chi connectivity index (χ3n) is 2.15. The lowest BCUT2D eigenvalue weighted by atomic mass is 10.2. The first-order valence-corrected chi connectivity index (χ1v) is 4.86. The van der Waals surface area contributed by atoms with Gasteiger partial charge in [0.1, 0.15) is 0 Å². The highest BCUT2D eigenvalue weighted by Gasteiger charge is 2.39. The van der Waals surface area contributed by atoms with Gasteiger partial charge in [-0.15, -0.1) is 0 Å². The molecule has 0 aromatic rings. The lowest BCUT2D eigenvalue weighted by molar-refractivity contribution is -0.140. The van der Waals surface area contributed by atoms with E-state index in [1.807, 2.05) is 11.8 Å². The van der Waals surface area contributed by atoms with Crippen LogP contribution in [0.1, 0.15) is 6.42 Å². The van der Waals surface area contributed by atoms with Crippen molar-refractivity contribution >= 4 is 23.5 Å². The first-order valence-electron chi connectivity index (χ1n) is 3.70. The third kappa shape index (κ3) is 1.05. The molecular formula is C7H9NO2S. The van der Waals surface area contributed by atoms with Gasteiger partial charge >= 0.3 is 0 Å². The van der Waals surface area contributed by atoms with Crippen LogP contribution in [0.5, 0.6) is 0 Å². The van der Waals surface area contributed by atoms with E-state index in [1.54, 1.807) is 4.90 Å². The normalized spacial score (nSPS) is 30.9. The molecule has 2 aliphatic rings. The zero-order valence-corrected chi connectivity index (χ0v) is 6.89. The Hall–Kier alpha value is -0.510. The van der Waals surface area contributed by atoms with Crippen LogP contribution in [-0.4, -0.2) is 40.7 Å². The van der Waals surface area contributed by atoms with Crippen molar-refractivity contribution in [1.82, 2.24) is 4.90 Å². The fraction of sp³-hybridized carbons (Fsp3) is 0.714. The quantitative estimate of drug-likeness (QED) is 0.478. The monoisotopic (exact) mass is 171 g/mol. The molecule has 2 rings (SSSR count). The van der Waals surface area contributed by atoms with Gasteiger partial charge in [0.15, 0.2) is 0 Å². The van der Waals surface area contributed by atoms with E-state index in [0.29, 0.717) is 6.42 Å². The van der Waals surface area contributed by atoms with Crippen molar-refractivity contribution < 1.29 is 9.59 Å². The predicted octanol–water partition coefficient (Wildman–Crippen LogP) is -0.0968. The van der Waals surface area contributed by atoms with Gasteiger partial charge in [-0.05, 0) is 0 Å². The van der Waals surface area contributed by atoms with Crippen molar-refractivity contribution in [2.75, 3.05) is 18.1 Å². The highest BCUT2D eigenvalue weighted by atomic mass is 32.2. The standard InChI is InChI=1S/C7H9NO2S/c9-6-3-5-4-11-2-1-8(5)7(6)10/h5H,1-4H2. The molecule has 11 heavy (non-hydrogen) atoms. The molecule has 1 unspecified atom stereocenters. The number of amides is 1. The van der Waals surface area contributed by atoms with Crippen LogP contribution in [0.2, 0.25) is 0 Å². The Morgan fingerprint density at radius 3 is 3.00 bits per heavy atom. The molecule has 4 heteroatoms. The molecule has 1 atom stereocenters. The summed E-state index contributed by atoms with van der Waals surface area (Å²) in [5, 5.41) is 0. The Labute approximate surface area is 69.1 Å². The maximum absolute atomic E-state index is 11.1. The number of ketones is 1. The van der Waals surface area contributed by atoms with Crippen molar-refractivity contribution in [3.8, 4) is 0 Å². The molecule has 0 N–H and O–H groups in total. The van der Waals surface area contributed by atoms with Gasteiger partial charge in [0.05, 0.1) is 0 Å². The minimum absolute atomic E-state index is 0.197. The number of thioether (sulfide) groups is 1. The summed E-state index contributed by atoms with van der Waals surface area (Å²) in [4.78, 5) is 23.8.